The minimum atomic E-state index is 1.05. The molecule has 0 fully saturated rings. The molecule has 0 radical (unpaired) electrons. The fourth-order valence-corrected chi connectivity index (χ4v) is 1.54. The molecule has 62 valence electrons. The van der Waals surface area contributed by atoms with Crippen molar-refractivity contribution in [1.29, 1.82) is 0 Å². The molecule has 2 heterocycles. The van der Waals surface area contributed by atoms with E-state index in [-0.39, 0.29) is 0 Å². The van der Waals surface area contributed by atoms with Crippen LogP contribution in [-0.4, -0.2) is 9.38 Å². The van der Waals surface area contributed by atoms with Crippen molar-refractivity contribution in [2.45, 2.75) is 20.3 Å². The highest BCUT2D eigenvalue weighted by molar-refractivity contribution is 5.42. The van der Waals surface area contributed by atoms with Crippen LogP contribution in [0.2, 0.25) is 0 Å². The average Bonchev–Trinajstić information content (AvgIpc) is 2.48. The van der Waals surface area contributed by atoms with Crippen LogP contribution in [0.5, 0.6) is 0 Å². The van der Waals surface area contributed by atoms with Crippen LogP contribution in [0.25, 0.3) is 5.65 Å². The molecule has 0 unspecified atom stereocenters. The topological polar surface area (TPSA) is 17.3 Å². The number of fused-ring (bicyclic) bond motifs is 1. The minimum Gasteiger partial charge on any atom is -0.301 e. The van der Waals surface area contributed by atoms with Gasteiger partial charge in [0.05, 0.1) is 0 Å². The summed E-state index contributed by atoms with van der Waals surface area (Å²) in [5.41, 5.74) is 3.58. The minimum absolute atomic E-state index is 1.05. The largest absolute Gasteiger partial charge is 0.301 e. The van der Waals surface area contributed by atoms with Crippen LogP contribution in [0, 0.1) is 6.92 Å². The van der Waals surface area contributed by atoms with Gasteiger partial charge in [-0.05, 0) is 25.5 Å². The third-order valence-corrected chi connectivity index (χ3v) is 2.15. The lowest BCUT2D eigenvalue weighted by Crippen LogP contribution is -1.95. The second-order valence-electron chi connectivity index (χ2n) is 2.96. The Bertz CT molecular complexity index is 401. The summed E-state index contributed by atoms with van der Waals surface area (Å²) in [6.07, 6.45) is 2.96. The van der Waals surface area contributed by atoms with E-state index in [0.717, 1.165) is 12.1 Å². The van der Waals surface area contributed by atoms with Gasteiger partial charge in [-0.25, -0.2) is 4.98 Å². The highest BCUT2D eigenvalue weighted by Gasteiger charge is 2.00. The summed E-state index contributed by atoms with van der Waals surface area (Å²) in [7, 11) is 0. The van der Waals surface area contributed by atoms with Gasteiger partial charge in [0.1, 0.15) is 5.65 Å². The Morgan fingerprint density at radius 1 is 1.42 bits per heavy atom. The second-order valence-corrected chi connectivity index (χ2v) is 2.96. The molecule has 0 spiro atoms. The fraction of sp³-hybridized carbons (Fsp3) is 0.300. The Balaban J connectivity index is 2.84. The van der Waals surface area contributed by atoms with Crippen LogP contribution in [-0.2, 0) is 6.42 Å². The van der Waals surface area contributed by atoms with Crippen molar-refractivity contribution in [1.82, 2.24) is 9.38 Å². The van der Waals surface area contributed by atoms with Gasteiger partial charge in [-0.2, -0.15) is 0 Å². The van der Waals surface area contributed by atoms with Gasteiger partial charge in [0.2, 0.25) is 0 Å². The molecule has 0 aliphatic carbocycles. The number of hydrogen-bond acceptors (Lipinski definition) is 1. The molecule has 0 saturated carbocycles. The third kappa shape index (κ3) is 0.916. The highest BCUT2D eigenvalue weighted by Crippen LogP contribution is 2.09. The molecule has 2 aromatic heterocycles. The number of nitrogens with zero attached hydrogens (tertiary/aromatic N) is 2. The van der Waals surface area contributed by atoms with Gasteiger partial charge >= 0.3 is 0 Å². The number of aromatic nitrogens is 2. The van der Waals surface area contributed by atoms with E-state index in [9.17, 15) is 0 Å². The van der Waals surface area contributed by atoms with Crippen LogP contribution in [0.4, 0.5) is 0 Å². The molecule has 2 nitrogen and oxygen atoms in total. The number of imidazole rings is 1. The average molecular weight is 160 g/mol. The summed E-state index contributed by atoms with van der Waals surface area (Å²) in [4.78, 5) is 4.29. The Morgan fingerprint density at radius 3 is 3.00 bits per heavy atom. The Kier molecular flexibility index (Phi) is 1.61. The van der Waals surface area contributed by atoms with Crippen molar-refractivity contribution in [2.24, 2.45) is 0 Å². The van der Waals surface area contributed by atoms with Gasteiger partial charge in [-0.1, -0.05) is 13.0 Å². The Labute approximate surface area is 71.9 Å². The van der Waals surface area contributed by atoms with Crippen molar-refractivity contribution < 1.29 is 0 Å². The smallest absolute Gasteiger partial charge is 0.137 e. The van der Waals surface area contributed by atoms with Gasteiger partial charge < -0.3 is 4.40 Å². The van der Waals surface area contributed by atoms with Crippen molar-refractivity contribution in [2.75, 3.05) is 0 Å². The summed E-state index contributed by atoms with van der Waals surface area (Å²) >= 11 is 0. The SMILES string of the molecule is CCc1cccc2ncc(C)n12. The lowest BCUT2D eigenvalue weighted by Gasteiger charge is -2.03. The summed E-state index contributed by atoms with van der Waals surface area (Å²) < 4.78 is 2.19. The monoisotopic (exact) mass is 160 g/mol. The number of rotatable bonds is 1. The third-order valence-electron chi connectivity index (χ3n) is 2.15. The molecule has 0 N–H and O–H groups in total. The van der Waals surface area contributed by atoms with E-state index in [0.29, 0.717) is 0 Å². The van der Waals surface area contributed by atoms with Crippen LogP contribution in [0.3, 0.4) is 0 Å². The zero-order valence-electron chi connectivity index (χ0n) is 7.41. The summed E-state index contributed by atoms with van der Waals surface area (Å²) in [6, 6.07) is 6.23. The first-order valence-corrected chi connectivity index (χ1v) is 4.25. The zero-order chi connectivity index (χ0) is 8.55. The first-order chi connectivity index (χ1) is 5.83. The molecule has 2 aromatic rings. The van der Waals surface area contributed by atoms with E-state index in [1.54, 1.807) is 0 Å². The van der Waals surface area contributed by atoms with Crippen molar-refractivity contribution in [3.63, 3.8) is 0 Å². The van der Waals surface area contributed by atoms with E-state index < -0.39 is 0 Å². The van der Waals surface area contributed by atoms with Crippen LogP contribution >= 0.6 is 0 Å². The molecular formula is C10H12N2. The van der Waals surface area contributed by atoms with Gasteiger partial charge in [0.15, 0.2) is 0 Å². The molecule has 0 saturated heterocycles. The predicted octanol–water partition coefficient (Wildman–Crippen LogP) is 2.21. The Hall–Kier alpha value is -1.31. The molecule has 0 bridgehead atoms. The predicted molar refractivity (Wildman–Crippen MR) is 49.3 cm³/mol. The lowest BCUT2D eigenvalue weighted by atomic mass is 10.3. The molecule has 12 heavy (non-hydrogen) atoms. The normalized spacial score (nSPS) is 10.8. The molecule has 2 rings (SSSR count). The summed E-state index contributed by atoms with van der Waals surface area (Å²) in [5.74, 6) is 0. The van der Waals surface area contributed by atoms with Gasteiger partial charge in [-0.3, -0.25) is 0 Å². The number of hydrogen-bond donors (Lipinski definition) is 0. The zero-order valence-corrected chi connectivity index (χ0v) is 7.41. The summed E-state index contributed by atoms with van der Waals surface area (Å²) in [5, 5.41) is 0. The number of aryl methyl sites for hydroxylation is 2. The lowest BCUT2D eigenvalue weighted by molar-refractivity contribution is 0.952. The standard InChI is InChI=1S/C10H12N2/c1-3-9-5-4-6-10-11-7-8(2)12(9)10/h4-7H,3H2,1-2H3. The van der Waals surface area contributed by atoms with Crippen molar-refractivity contribution in [3.8, 4) is 0 Å². The first kappa shape index (κ1) is 7.35. The molecule has 0 aliphatic heterocycles. The maximum Gasteiger partial charge on any atom is 0.137 e. The van der Waals surface area contributed by atoms with E-state index in [1.807, 2.05) is 12.3 Å². The molecule has 0 amide bonds. The van der Waals surface area contributed by atoms with Crippen LogP contribution in [0.15, 0.2) is 24.4 Å². The van der Waals surface area contributed by atoms with E-state index >= 15 is 0 Å². The quantitative estimate of drug-likeness (QED) is 0.625. The van der Waals surface area contributed by atoms with Gasteiger partial charge in [0, 0.05) is 17.6 Å². The molecule has 0 aliphatic rings. The van der Waals surface area contributed by atoms with E-state index in [4.69, 9.17) is 0 Å². The molecule has 0 aromatic carbocycles. The molecule has 0 atom stereocenters. The number of pyridine rings is 1. The maximum absolute atomic E-state index is 4.29. The molecular weight excluding hydrogens is 148 g/mol. The van der Waals surface area contributed by atoms with Crippen LogP contribution in [0.1, 0.15) is 18.3 Å². The van der Waals surface area contributed by atoms with E-state index in [2.05, 4.69) is 35.4 Å². The van der Waals surface area contributed by atoms with Gasteiger partial charge in [0.25, 0.3) is 0 Å². The van der Waals surface area contributed by atoms with E-state index in [1.165, 1.54) is 11.4 Å². The molecule has 2 heteroatoms. The fourth-order valence-electron chi connectivity index (χ4n) is 1.54. The van der Waals surface area contributed by atoms with Gasteiger partial charge in [-0.15, -0.1) is 0 Å². The summed E-state index contributed by atoms with van der Waals surface area (Å²) in [6.45, 7) is 4.24. The van der Waals surface area contributed by atoms with Crippen molar-refractivity contribution in [3.05, 3.63) is 35.8 Å². The Morgan fingerprint density at radius 2 is 2.25 bits per heavy atom. The van der Waals surface area contributed by atoms with Crippen LogP contribution < -0.4 is 0 Å². The van der Waals surface area contributed by atoms with Crippen molar-refractivity contribution >= 4 is 5.65 Å². The second kappa shape index (κ2) is 2.63. The highest BCUT2D eigenvalue weighted by atomic mass is 15.0. The maximum atomic E-state index is 4.29. The first-order valence-electron chi connectivity index (χ1n) is 4.25.